The molecule has 0 bridgehead atoms. The number of hydrogen-bond acceptors (Lipinski definition) is 6. The van der Waals surface area contributed by atoms with Crippen LogP contribution in [0.5, 0.6) is 11.5 Å². The van der Waals surface area contributed by atoms with Crippen LogP contribution in [-0.2, 0) is 9.59 Å². The largest absolute Gasteiger partial charge is 0.484 e. The summed E-state index contributed by atoms with van der Waals surface area (Å²) >= 11 is 0. The fourth-order valence-electron chi connectivity index (χ4n) is 2.19. The molecule has 0 radical (unpaired) electrons. The number of rotatable bonds is 7. The van der Waals surface area contributed by atoms with Crippen LogP contribution in [0.2, 0.25) is 0 Å². The van der Waals surface area contributed by atoms with E-state index in [1.54, 1.807) is 0 Å². The Morgan fingerprint density at radius 3 is 1.96 bits per heavy atom. The highest BCUT2D eigenvalue weighted by molar-refractivity contribution is 5.83. The second-order valence-electron chi connectivity index (χ2n) is 5.65. The minimum absolute atomic E-state index is 0.0806. The van der Waals surface area contributed by atoms with Crippen LogP contribution in [0.4, 0.5) is 5.69 Å². The molecule has 9 nitrogen and oxygen atoms in total. The molecule has 2 N–H and O–H groups in total. The zero-order valence-corrected chi connectivity index (χ0v) is 14.9. The molecule has 0 fully saturated rings. The third-order valence-corrected chi connectivity index (χ3v) is 3.52. The van der Waals surface area contributed by atoms with Crippen LogP contribution in [0.3, 0.4) is 0 Å². The lowest BCUT2D eigenvalue weighted by molar-refractivity contribution is -0.384. The first-order valence-corrected chi connectivity index (χ1v) is 8.01. The number of amides is 2. The van der Waals surface area contributed by atoms with Gasteiger partial charge in [-0.3, -0.25) is 30.6 Å². The third-order valence-electron chi connectivity index (χ3n) is 3.52. The van der Waals surface area contributed by atoms with E-state index in [2.05, 4.69) is 10.9 Å². The molecule has 0 saturated heterocycles. The Labute approximate surface area is 155 Å². The molecule has 2 aromatic carbocycles. The van der Waals surface area contributed by atoms with Gasteiger partial charge in [-0.15, -0.1) is 0 Å². The summed E-state index contributed by atoms with van der Waals surface area (Å²) in [6.45, 7) is 3.13. The molecule has 0 aliphatic carbocycles. The number of nitrogens with one attached hydrogen (secondary N) is 2. The van der Waals surface area contributed by atoms with Gasteiger partial charge in [0.1, 0.15) is 11.5 Å². The van der Waals surface area contributed by atoms with E-state index in [1.165, 1.54) is 24.3 Å². The Balaban J connectivity index is 1.71. The van der Waals surface area contributed by atoms with Gasteiger partial charge in [-0.25, -0.2) is 0 Å². The molecule has 2 rings (SSSR count). The van der Waals surface area contributed by atoms with Crippen LogP contribution in [-0.4, -0.2) is 30.0 Å². The number of carbonyl (C=O) groups is 2. The maximum atomic E-state index is 11.8. The van der Waals surface area contributed by atoms with Crippen molar-refractivity contribution >= 4 is 17.5 Å². The zero-order valence-electron chi connectivity index (χ0n) is 14.9. The van der Waals surface area contributed by atoms with Crippen LogP contribution >= 0.6 is 0 Å². The molecule has 0 saturated carbocycles. The summed E-state index contributed by atoms with van der Waals surface area (Å²) in [6, 6.07) is 10.9. The zero-order chi connectivity index (χ0) is 19.8. The van der Waals surface area contributed by atoms with Crippen molar-refractivity contribution in [3.05, 3.63) is 63.7 Å². The highest BCUT2D eigenvalue weighted by Crippen LogP contribution is 2.22. The van der Waals surface area contributed by atoms with Crippen molar-refractivity contribution in [2.24, 2.45) is 0 Å². The Morgan fingerprint density at radius 2 is 1.44 bits per heavy atom. The van der Waals surface area contributed by atoms with Gasteiger partial charge in [0.15, 0.2) is 13.2 Å². The lowest BCUT2D eigenvalue weighted by atomic mass is 10.1. The van der Waals surface area contributed by atoms with Gasteiger partial charge in [-0.1, -0.05) is 18.2 Å². The van der Waals surface area contributed by atoms with E-state index in [0.717, 1.165) is 11.1 Å². The number of ether oxygens (including phenoxy) is 2. The van der Waals surface area contributed by atoms with Gasteiger partial charge in [-0.05, 0) is 37.1 Å². The second kappa shape index (κ2) is 9.18. The molecule has 2 amide bonds. The Kier molecular flexibility index (Phi) is 6.70. The highest BCUT2D eigenvalue weighted by Gasteiger charge is 2.10. The summed E-state index contributed by atoms with van der Waals surface area (Å²) in [5.74, 6) is -0.198. The van der Waals surface area contributed by atoms with Crippen molar-refractivity contribution in [1.82, 2.24) is 10.9 Å². The van der Waals surface area contributed by atoms with E-state index < -0.39 is 16.7 Å². The van der Waals surface area contributed by atoms with Crippen LogP contribution in [0.15, 0.2) is 42.5 Å². The molecule has 9 heteroatoms. The van der Waals surface area contributed by atoms with Crippen molar-refractivity contribution < 1.29 is 24.0 Å². The number of aryl methyl sites for hydroxylation is 2. The average molecular weight is 373 g/mol. The number of nitro benzene ring substituents is 1. The van der Waals surface area contributed by atoms with E-state index >= 15 is 0 Å². The fourth-order valence-corrected chi connectivity index (χ4v) is 2.19. The predicted molar refractivity (Wildman–Crippen MR) is 96.3 cm³/mol. The van der Waals surface area contributed by atoms with E-state index in [4.69, 9.17) is 9.47 Å². The summed E-state index contributed by atoms with van der Waals surface area (Å²) in [4.78, 5) is 33.5. The van der Waals surface area contributed by atoms with Crippen LogP contribution in [0, 0.1) is 24.0 Å². The van der Waals surface area contributed by atoms with Gasteiger partial charge in [-0.2, -0.15) is 0 Å². The van der Waals surface area contributed by atoms with Gasteiger partial charge in [0.05, 0.1) is 4.92 Å². The van der Waals surface area contributed by atoms with Crippen molar-refractivity contribution in [3.63, 3.8) is 0 Å². The number of hydrazine groups is 1. The molecular formula is C18H19N3O6. The first kappa shape index (κ1) is 19.7. The first-order chi connectivity index (χ1) is 12.9. The Hall–Kier alpha value is -3.62. The van der Waals surface area contributed by atoms with Crippen LogP contribution in [0.1, 0.15) is 11.1 Å². The average Bonchev–Trinajstić information content (AvgIpc) is 2.64. The van der Waals surface area contributed by atoms with Crippen molar-refractivity contribution in [2.45, 2.75) is 13.8 Å². The molecule has 0 heterocycles. The molecular weight excluding hydrogens is 354 g/mol. The maximum absolute atomic E-state index is 11.8. The minimum Gasteiger partial charge on any atom is -0.484 e. The quantitative estimate of drug-likeness (QED) is 0.564. The number of para-hydroxylation sites is 1. The molecule has 0 aromatic heterocycles. The van der Waals surface area contributed by atoms with Gasteiger partial charge in [0, 0.05) is 12.1 Å². The maximum Gasteiger partial charge on any atom is 0.276 e. The molecule has 0 unspecified atom stereocenters. The Morgan fingerprint density at radius 1 is 0.926 bits per heavy atom. The molecule has 142 valence electrons. The number of carbonyl (C=O) groups excluding carboxylic acids is 2. The van der Waals surface area contributed by atoms with E-state index in [9.17, 15) is 19.7 Å². The molecule has 27 heavy (non-hydrogen) atoms. The van der Waals surface area contributed by atoms with Gasteiger partial charge >= 0.3 is 0 Å². The monoisotopic (exact) mass is 373 g/mol. The summed E-state index contributed by atoms with van der Waals surface area (Å²) < 4.78 is 10.7. The number of hydrogen-bond donors (Lipinski definition) is 2. The van der Waals surface area contributed by atoms with Crippen molar-refractivity contribution in [2.75, 3.05) is 13.2 Å². The van der Waals surface area contributed by atoms with Crippen molar-refractivity contribution in [1.29, 1.82) is 0 Å². The highest BCUT2D eigenvalue weighted by atomic mass is 16.6. The van der Waals surface area contributed by atoms with Gasteiger partial charge < -0.3 is 9.47 Å². The summed E-state index contributed by atoms with van der Waals surface area (Å²) in [5, 5.41) is 10.6. The molecule has 0 spiro atoms. The van der Waals surface area contributed by atoms with E-state index in [0.29, 0.717) is 11.5 Å². The van der Waals surface area contributed by atoms with Crippen LogP contribution in [0.25, 0.3) is 0 Å². The predicted octanol–water partition coefficient (Wildman–Crippen LogP) is 1.82. The number of nitro groups is 1. The summed E-state index contributed by atoms with van der Waals surface area (Å²) in [7, 11) is 0. The molecule has 0 atom stereocenters. The summed E-state index contributed by atoms with van der Waals surface area (Å²) in [6.07, 6.45) is 0. The summed E-state index contributed by atoms with van der Waals surface area (Å²) in [5.41, 5.74) is 6.15. The first-order valence-electron chi connectivity index (χ1n) is 8.01. The van der Waals surface area contributed by atoms with Gasteiger partial charge in [0.25, 0.3) is 17.5 Å². The lowest BCUT2D eigenvalue weighted by Crippen LogP contribution is -2.45. The molecule has 0 aliphatic heterocycles. The third kappa shape index (κ3) is 5.99. The molecule has 2 aromatic rings. The minimum atomic E-state index is -0.589. The van der Waals surface area contributed by atoms with Gasteiger partial charge in [0.2, 0.25) is 0 Å². The number of nitrogens with zero attached hydrogens (tertiary/aromatic N) is 1. The lowest BCUT2D eigenvalue weighted by Gasteiger charge is -2.12. The SMILES string of the molecule is Cc1cccc(C)c1OCC(=O)NNC(=O)COc1ccc([N+](=O)[O-])cc1. The van der Waals surface area contributed by atoms with Crippen molar-refractivity contribution in [3.8, 4) is 11.5 Å². The molecule has 0 aliphatic rings. The number of benzene rings is 2. The topological polar surface area (TPSA) is 120 Å². The Bertz CT molecular complexity index is 815. The standard InChI is InChI=1S/C18H19N3O6/c1-12-4-3-5-13(2)18(12)27-11-17(23)20-19-16(22)10-26-15-8-6-14(7-9-15)21(24)25/h3-9H,10-11H2,1-2H3,(H,19,22)(H,20,23). The van der Waals surface area contributed by atoms with E-state index in [-0.39, 0.29) is 18.9 Å². The van der Waals surface area contributed by atoms with Crippen LogP contribution < -0.4 is 20.3 Å². The second-order valence-corrected chi connectivity index (χ2v) is 5.65. The number of non-ortho nitro benzene ring substituents is 1. The fraction of sp³-hybridized carbons (Fsp3) is 0.222. The smallest absolute Gasteiger partial charge is 0.276 e. The van der Waals surface area contributed by atoms with E-state index in [1.807, 2.05) is 32.0 Å². The normalized spacial score (nSPS) is 10.0.